The molecule has 0 aliphatic heterocycles. The number of aliphatic hydroxyl groups is 1. The lowest BCUT2D eigenvalue weighted by atomic mass is 10.3. The number of halogens is 2. The SMILES string of the molecule is COc1ccc(Br)c(NS(=O)(=O)c2cc(CO)oc2Br)c1. The number of hydrogen-bond donors (Lipinski definition) is 2. The zero-order valence-electron chi connectivity index (χ0n) is 10.8. The topological polar surface area (TPSA) is 88.8 Å². The van der Waals surface area contributed by atoms with Crippen molar-refractivity contribution in [3.63, 3.8) is 0 Å². The van der Waals surface area contributed by atoms with E-state index >= 15 is 0 Å². The van der Waals surface area contributed by atoms with E-state index in [9.17, 15) is 8.42 Å². The van der Waals surface area contributed by atoms with Crippen LogP contribution < -0.4 is 9.46 Å². The summed E-state index contributed by atoms with van der Waals surface area (Å²) >= 11 is 6.29. The van der Waals surface area contributed by atoms with Gasteiger partial charge in [-0.05, 0) is 44.0 Å². The molecule has 0 unspecified atom stereocenters. The van der Waals surface area contributed by atoms with Gasteiger partial charge in [0.2, 0.25) is 0 Å². The van der Waals surface area contributed by atoms with Gasteiger partial charge in [0, 0.05) is 16.6 Å². The summed E-state index contributed by atoms with van der Waals surface area (Å²) in [6.07, 6.45) is 0. The molecular formula is C12H11Br2NO5S. The van der Waals surface area contributed by atoms with Crippen LogP contribution in [-0.4, -0.2) is 20.6 Å². The summed E-state index contributed by atoms with van der Waals surface area (Å²) in [6.45, 7) is -0.392. The highest BCUT2D eigenvalue weighted by atomic mass is 79.9. The van der Waals surface area contributed by atoms with Gasteiger partial charge in [-0.3, -0.25) is 4.72 Å². The Hall–Kier alpha value is -1.03. The van der Waals surface area contributed by atoms with Crippen LogP contribution in [0.4, 0.5) is 5.69 Å². The zero-order valence-corrected chi connectivity index (χ0v) is 14.7. The Morgan fingerprint density at radius 1 is 1.33 bits per heavy atom. The number of aliphatic hydroxyl groups excluding tert-OH is 1. The van der Waals surface area contributed by atoms with E-state index in [-0.39, 0.29) is 15.3 Å². The third-order valence-corrected chi connectivity index (χ3v) is 5.48. The van der Waals surface area contributed by atoms with Crippen LogP contribution >= 0.6 is 31.9 Å². The van der Waals surface area contributed by atoms with E-state index in [1.165, 1.54) is 13.2 Å². The summed E-state index contributed by atoms with van der Waals surface area (Å²) in [5.41, 5.74) is 0.327. The first-order chi connectivity index (χ1) is 9.87. The Morgan fingerprint density at radius 3 is 2.62 bits per heavy atom. The largest absolute Gasteiger partial charge is 0.497 e. The van der Waals surface area contributed by atoms with E-state index in [1.807, 2.05) is 0 Å². The summed E-state index contributed by atoms with van der Waals surface area (Å²) in [5.74, 6) is 0.658. The van der Waals surface area contributed by atoms with Crippen molar-refractivity contribution in [3.05, 3.63) is 39.2 Å². The number of sulfonamides is 1. The standard InChI is InChI=1S/C12H11Br2NO5S/c1-19-7-2-3-9(13)10(4-7)15-21(17,18)11-5-8(6-16)20-12(11)14/h2-5,15-16H,6H2,1H3. The molecule has 0 saturated heterocycles. The summed E-state index contributed by atoms with van der Waals surface area (Å²) in [5, 5.41) is 8.99. The molecule has 0 spiro atoms. The number of benzene rings is 1. The zero-order chi connectivity index (χ0) is 15.6. The van der Waals surface area contributed by atoms with Gasteiger partial charge in [0.1, 0.15) is 23.0 Å². The molecule has 0 saturated carbocycles. The Kier molecular flexibility index (Phi) is 4.97. The average Bonchev–Trinajstić information content (AvgIpc) is 2.83. The highest BCUT2D eigenvalue weighted by Crippen LogP contribution is 2.32. The second-order valence-electron chi connectivity index (χ2n) is 3.96. The van der Waals surface area contributed by atoms with Crippen LogP contribution in [0.3, 0.4) is 0 Å². The number of rotatable bonds is 5. The van der Waals surface area contributed by atoms with E-state index in [0.29, 0.717) is 15.9 Å². The number of hydrogen-bond acceptors (Lipinski definition) is 5. The van der Waals surface area contributed by atoms with Crippen molar-refractivity contribution < 1.29 is 22.7 Å². The minimum Gasteiger partial charge on any atom is -0.497 e. The van der Waals surface area contributed by atoms with Gasteiger partial charge in [-0.1, -0.05) is 0 Å². The highest BCUT2D eigenvalue weighted by molar-refractivity contribution is 9.10. The van der Waals surface area contributed by atoms with Crippen LogP contribution in [0.25, 0.3) is 0 Å². The van der Waals surface area contributed by atoms with Crippen LogP contribution in [-0.2, 0) is 16.6 Å². The van der Waals surface area contributed by atoms with Crippen LogP contribution in [0.15, 0.2) is 42.7 Å². The van der Waals surface area contributed by atoms with E-state index < -0.39 is 16.6 Å². The molecule has 0 atom stereocenters. The first-order valence-electron chi connectivity index (χ1n) is 5.63. The van der Waals surface area contributed by atoms with Gasteiger partial charge in [0.05, 0.1) is 12.8 Å². The molecule has 114 valence electrons. The van der Waals surface area contributed by atoms with Crippen LogP contribution in [0.2, 0.25) is 0 Å². The molecule has 0 aliphatic carbocycles. The van der Waals surface area contributed by atoms with Crippen LogP contribution in [0.1, 0.15) is 5.76 Å². The number of ether oxygens (including phenoxy) is 1. The van der Waals surface area contributed by atoms with Crippen LogP contribution in [0, 0.1) is 0 Å². The minimum atomic E-state index is -3.87. The second kappa shape index (κ2) is 6.39. The first kappa shape index (κ1) is 16.3. The third-order valence-electron chi connectivity index (χ3n) is 2.57. The van der Waals surface area contributed by atoms with Crippen molar-refractivity contribution in [1.82, 2.24) is 0 Å². The fraction of sp³-hybridized carbons (Fsp3) is 0.167. The van der Waals surface area contributed by atoms with Gasteiger partial charge >= 0.3 is 0 Å². The molecule has 0 amide bonds. The van der Waals surface area contributed by atoms with Crippen molar-refractivity contribution in [1.29, 1.82) is 0 Å². The van der Waals surface area contributed by atoms with Crippen molar-refractivity contribution in [2.24, 2.45) is 0 Å². The lowest BCUT2D eigenvalue weighted by molar-refractivity contribution is 0.245. The molecule has 1 aromatic heterocycles. The molecule has 0 fully saturated rings. The molecule has 0 radical (unpaired) electrons. The molecule has 0 aliphatic rings. The van der Waals surface area contributed by atoms with Crippen molar-refractivity contribution >= 4 is 47.6 Å². The number of methoxy groups -OCH3 is 1. The molecule has 2 N–H and O–H groups in total. The predicted molar refractivity (Wildman–Crippen MR) is 83.8 cm³/mol. The molecule has 2 aromatic rings. The normalized spacial score (nSPS) is 11.4. The summed E-state index contributed by atoms with van der Waals surface area (Å²) in [6, 6.07) is 6.16. The van der Waals surface area contributed by atoms with Gasteiger partial charge in [-0.2, -0.15) is 0 Å². The van der Waals surface area contributed by atoms with Gasteiger partial charge in [0.25, 0.3) is 10.0 Å². The Labute approximate surface area is 138 Å². The van der Waals surface area contributed by atoms with Gasteiger partial charge < -0.3 is 14.3 Å². The molecule has 0 bridgehead atoms. The molecule has 1 heterocycles. The van der Waals surface area contributed by atoms with Gasteiger partial charge in [0.15, 0.2) is 4.67 Å². The Bertz CT molecular complexity index is 757. The predicted octanol–water partition coefficient (Wildman–Crippen LogP) is 3.11. The number of furan rings is 1. The quantitative estimate of drug-likeness (QED) is 0.745. The average molecular weight is 441 g/mol. The van der Waals surface area contributed by atoms with E-state index in [1.54, 1.807) is 18.2 Å². The van der Waals surface area contributed by atoms with Crippen molar-refractivity contribution in [2.75, 3.05) is 11.8 Å². The third kappa shape index (κ3) is 3.60. The Morgan fingerprint density at radius 2 is 2.05 bits per heavy atom. The lowest BCUT2D eigenvalue weighted by Crippen LogP contribution is -2.13. The fourth-order valence-corrected chi connectivity index (χ4v) is 4.11. The van der Waals surface area contributed by atoms with E-state index in [2.05, 4.69) is 36.6 Å². The van der Waals surface area contributed by atoms with Gasteiger partial charge in [-0.15, -0.1) is 0 Å². The minimum absolute atomic E-state index is 0.0260. The summed E-state index contributed by atoms with van der Waals surface area (Å²) in [7, 11) is -2.38. The molecule has 2 rings (SSSR count). The molecule has 9 heteroatoms. The number of anilines is 1. The van der Waals surface area contributed by atoms with E-state index in [4.69, 9.17) is 14.3 Å². The fourth-order valence-electron chi connectivity index (χ4n) is 1.57. The maximum Gasteiger partial charge on any atom is 0.266 e. The van der Waals surface area contributed by atoms with E-state index in [0.717, 1.165) is 0 Å². The molecule has 1 aromatic carbocycles. The summed E-state index contributed by atoms with van der Waals surface area (Å²) in [4.78, 5) is -0.0960. The Balaban J connectivity index is 2.39. The molecule has 6 nitrogen and oxygen atoms in total. The first-order valence-corrected chi connectivity index (χ1v) is 8.69. The van der Waals surface area contributed by atoms with Crippen molar-refractivity contribution in [2.45, 2.75) is 11.5 Å². The second-order valence-corrected chi connectivity index (χ2v) is 7.19. The summed E-state index contributed by atoms with van der Waals surface area (Å²) < 4.78 is 37.9. The lowest BCUT2D eigenvalue weighted by Gasteiger charge is -2.10. The smallest absolute Gasteiger partial charge is 0.266 e. The number of nitrogens with one attached hydrogen (secondary N) is 1. The maximum atomic E-state index is 12.4. The monoisotopic (exact) mass is 439 g/mol. The molecule has 21 heavy (non-hydrogen) atoms. The molecular weight excluding hydrogens is 430 g/mol. The van der Waals surface area contributed by atoms with Crippen LogP contribution in [0.5, 0.6) is 5.75 Å². The van der Waals surface area contributed by atoms with Crippen molar-refractivity contribution in [3.8, 4) is 5.75 Å². The highest BCUT2D eigenvalue weighted by Gasteiger charge is 2.23. The van der Waals surface area contributed by atoms with Gasteiger partial charge in [-0.25, -0.2) is 8.42 Å². The maximum absolute atomic E-state index is 12.4.